The van der Waals surface area contributed by atoms with Crippen LogP contribution in [0.25, 0.3) is 0 Å². The lowest BCUT2D eigenvalue weighted by molar-refractivity contribution is 0.293. The van der Waals surface area contributed by atoms with Crippen LogP contribution < -0.4 is 0 Å². The number of rotatable bonds is 2. The Kier molecular flexibility index (Phi) is 4.72. The van der Waals surface area contributed by atoms with Gasteiger partial charge in [-0.25, -0.2) is 0 Å². The summed E-state index contributed by atoms with van der Waals surface area (Å²) in [6.07, 6.45) is 1.71. The van der Waals surface area contributed by atoms with Crippen LogP contribution in [0.3, 0.4) is 0 Å². The fourth-order valence-corrected chi connectivity index (χ4v) is 0.322. The van der Waals surface area contributed by atoms with Crippen molar-refractivity contribution in [1.82, 2.24) is 0 Å². The molecule has 0 aromatic carbocycles. The largest absolute Gasteiger partial charge is 0.489 e. The van der Waals surface area contributed by atoms with Crippen molar-refractivity contribution in [3.63, 3.8) is 0 Å². The van der Waals surface area contributed by atoms with Gasteiger partial charge < -0.3 is 4.74 Å². The van der Waals surface area contributed by atoms with Gasteiger partial charge in [0.1, 0.15) is 6.61 Å². The first-order chi connectivity index (χ1) is 4.27. The Hall–Kier alpha value is -0.900. The molecule has 9 heavy (non-hydrogen) atoms. The molecular formula is C8H12O. The number of hydrogen-bond donors (Lipinski definition) is 0. The molecule has 0 aromatic rings. The van der Waals surface area contributed by atoms with Crippen LogP contribution in [0, 0.1) is 11.8 Å². The first-order valence-corrected chi connectivity index (χ1v) is 2.92. The van der Waals surface area contributed by atoms with E-state index in [0.29, 0.717) is 6.61 Å². The molecule has 0 N–H and O–H groups in total. The molecular weight excluding hydrogens is 112 g/mol. The third kappa shape index (κ3) is 7.10. The number of allylic oxidation sites excluding steroid dienone is 1. The molecule has 0 fully saturated rings. The third-order valence-corrected chi connectivity index (χ3v) is 0.651. The lowest BCUT2D eigenvalue weighted by Gasteiger charge is -1.91. The van der Waals surface area contributed by atoms with Gasteiger partial charge in [-0.1, -0.05) is 5.92 Å². The quantitative estimate of drug-likeness (QED) is 0.310. The first-order valence-electron chi connectivity index (χ1n) is 2.92. The topological polar surface area (TPSA) is 9.23 Å². The summed E-state index contributed by atoms with van der Waals surface area (Å²) in [5, 5.41) is 0. The summed E-state index contributed by atoms with van der Waals surface area (Å²) in [4.78, 5) is 0. The molecule has 1 heteroatoms. The second-order valence-electron chi connectivity index (χ2n) is 1.93. The summed E-state index contributed by atoms with van der Waals surface area (Å²) in [5.74, 6) is 5.52. The lowest BCUT2D eigenvalue weighted by atomic mass is 10.4. The maximum atomic E-state index is 5.00. The van der Waals surface area contributed by atoms with Gasteiger partial charge in [-0.2, -0.15) is 0 Å². The van der Waals surface area contributed by atoms with E-state index < -0.39 is 0 Å². The molecule has 0 unspecified atom stereocenters. The third-order valence-electron chi connectivity index (χ3n) is 0.651. The molecule has 0 atom stereocenters. The molecule has 0 heterocycles. The molecule has 50 valence electrons. The predicted molar refractivity (Wildman–Crippen MR) is 38.8 cm³/mol. The molecule has 0 spiro atoms. The zero-order valence-corrected chi connectivity index (χ0v) is 6.19. The molecule has 0 aliphatic carbocycles. The molecule has 0 amide bonds. The SMILES string of the molecule is CC#CCOC=C(C)C. The van der Waals surface area contributed by atoms with E-state index in [1.54, 1.807) is 13.2 Å². The molecule has 0 radical (unpaired) electrons. The van der Waals surface area contributed by atoms with E-state index >= 15 is 0 Å². The van der Waals surface area contributed by atoms with Gasteiger partial charge in [0.2, 0.25) is 0 Å². The van der Waals surface area contributed by atoms with Crippen molar-refractivity contribution < 1.29 is 4.74 Å². The number of ether oxygens (including phenoxy) is 1. The average molecular weight is 124 g/mol. The maximum absolute atomic E-state index is 5.00. The molecule has 0 rings (SSSR count). The van der Waals surface area contributed by atoms with Crippen LogP contribution in [-0.2, 0) is 4.74 Å². The highest BCUT2D eigenvalue weighted by atomic mass is 16.5. The summed E-state index contributed by atoms with van der Waals surface area (Å²) in [7, 11) is 0. The lowest BCUT2D eigenvalue weighted by Crippen LogP contribution is -1.81. The summed E-state index contributed by atoms with van der Waals surface area (Å²) in [6, 6.07) is 0. The Morgan fingerprint density at radius 2 is 2.22 bits per heavy atom. The van der Waals surface area contributed by atoms with E-state index in [9.17, 15) is 0 Å². The maximum Gasteiger partial charge on any atom is 0.148 e. The fourth-order valence-electron chi connectivity index (χ4n) is 0.322. The minimum Gasteiger partial charge on any atom is -0.489 e. The summed E-state index contributed by atoms with van der Waals surface area (Å²) in [6.45, 7) is 6.27. The molecule has 0 aliphatic rings. The monoisotopic (exact) mass is 124 g/mol. The zero-order chi connectivity index (χ0) is 7.11. The summed E-state index contributed by atoms with van der Waals surface area (Å²) < 4.78 is 5.00. The summed E-state index contributed by atoms with van der Waals surface area (Å²) in [5.41, 5.74) is 1.16. The Morgan fingerprint density at radius 3 is 2.67 bits per heavy atom. The highest BCUT2D eigenvalue weighted by Crippen LogP contribution is 1.87. The first kappa shape index (κ1) is 8.10. The van der Waals surface area contributed by atoms with Gasteiger partial charge in [0, 0.05) is 0 Å². The molecule has 0 aromatic heterocycles. The number of hydrogen-bond acceptors (Lipinski definition) is 1. The van der Waals surface area contributed by atoms with Gasteiger partial charge in [-0.3, -0.25) is 0 Å². The van der Waals surface area contributed by atoms with Gasteiger partial charge in [-0.05, 0) is 26.3 Å². The average Bonchev–Trinajstić information content (AvgIpc) is 1.80. The van der Waals surface area contributed by atoms with Crippen molar-refractivity contribution >= 4 is 0 Å². The van der Waals surface area contributed by atoms with E-state index in [4.69, 9.17) is 4.74 Å². The van der Waals surface area contributed by atoms with E-state index in [2.05, 4.69) is 11.8 Å². The van der Waals surface area contributed by atoms with Crippen molar-refractivity contribution in [1.29, 1.82) is 0 Å². The normalized spacial score (nSPS) is 7.00. The van der Waals surface area contributed by atoms with E-state index in [1.165, 1.54) is 0 Å². The van der Waals surface area contributed by atoms with Crippen LogP contribution in [0.5, 0.6) is 0 Å². The van der Waals surface area contributed by atoms with E-state index in [0.717, 1.165) is 5.57 Å². The predicted octanol–water partition coefficient (Wildman–Crippen LogP) is 1.95. The van der Waals surface area contributed by atoms with Gasteiger partial charge in [-0.15, -0.1) is 5.92 Å². The Morgan fingerprint density at radius 1 is 1.56 bits per heavy atom. The standard InChI is InChI=1S/C8H12O/c1-4-5-6-9-7-8(2)3/h7H,6H2,1-3H3. The van der Waals surface area contributed by atoms with Gasteiger partial charge in [0.05, 0.1) is 6.26 Å². The van der Waals surface area contributed by atoms with Crippen molar-refractivity contribution in [2.45, 2.75) is 20.8 Å². The highest BCUT2D eigenvalue weighted by molar-refractivity contribution is 4.96. The van der Waals surface area contributed by atoms with Crippen LogP contribution >= 0.6 is 0 Å². The van der Waals surface area contributed by atoms with Gasteiger partial charge in [0.15, 0.2) is 0 Å². The molecule has 0 aliphatic heterocycles. The second-order valence-corrected chi connectivity index (χ2v) is 1.93. The summed E-state index contributed by atoms with van der Waals surface area (Å²) >= 11 is 0. The van der Waals surface area contributed by atoms with Crippen LogP contribution in [-0.4, -0.2) is 6.61 Å². The highest BCUT2D eigenvalue weighted by Gasteiger charge is 1.74. The minimum atomic E-state index is 0.502. The van der Waals surface area contributed by atoms with Crippen molar-refractivity contribution in [3.05, 3.63) is 11.8 Å². The van der Waals surface area contributed by atoms with Crippen LogP contribution in [0.15, 0.2) is 11.8 Å². The van der Waals surface area contributed by atoms with Crippen LogP contribution in [0.4, 0.5) is 0 Å². The van der Waals surface area contributed by atoms with Crippen molar-refractivity contribution in [2.75, 3.05) is 6.61 Å². The Bertz CT molecular complexity index is 142. The van der Waals surface area contributed by atoms with Crippen LogP contribution in [0.2, 0.25) is 0 Å². The molecule has 1 nitrogen and oxygen atoms in total. The van der Waals surface area contributed by atoms with E-state index in [-0.39, 0.29) is 0 Å². The van der Waals surface area contributed by atoms with Gasteiger partial charge >= 0.3 is 0 Å². The molecule has 0 saturated carbocycles. The van der Waals surface area contributed by atoms with Gasteiger partial charge in [0.25, 0.3) is 0 Å². The van der Waals surface area contributed by atoms with Crippen molar-refractivity contribution in [2.24, 2.45) is 0 Å². The Labute approximate surface area is 56.7 Å². The molecule has 0 saturated heterocycles. The zero-order valence-electron chi connectivity index (χ0n) is 6.19. The van der Waals surface area contributed by atoms with Crippen molar-refractivity contribution in [3.8, 4) is 11.8 Å². The fraction of sp³-hybridized carbons (Fsp3) is 0.500. The second kappa shape index (κ2) is 5.24. The Balaban J connectivity index is 3.27. The molecule has 0 bridgehead atoms. The smallest absolute Gasteiger partial charge is 0.148 e. The van der Waals surface area contributed by atoms with Crippen LogP contribution in [0.1, 0.15) is 20.8 Å². The van der Waals surface area contributed by atoms with E-state index in [1.807, 2.05) is 13.8 Å². The minimum absolute atomic E-state index is 0.502.